The van der Waals surface area contributed by atoms with E-state index < -0.39 is 5.82 Å². The molecule has 1 rings (SSSR count). The Hall–Kier alpha value is -0.980. The lowest BCUT2D eigenvalue weighted by Gasteiger charge is -2.22. The lowest BCUT2D eigenvalue weighted by atomic mass is 10.2. The molecule has 6 heteroatoms. The molecule has 0 bridgehead atoms. The molecule has 1 aromatic rings. The van der Waals surface area contributed by atoms with Crippen molar-refractivity contribution in [2.45, 2.75) is 6.42 Å². The van der Waals surface area contributed by atoms with Crippen molar-refractivity contribution >= 4 is 21.8 Å². The van der Waals surface area contributed by atoms with Crippen LogP contribution in [0.1, 0.15) is 16.8 Å². The summed E-state index contributed by atoms with van der Waals surface area (Å²) in [7, 11) is 3.17. The molecule has 0 spiro atoms. The third-order valence-corrected chi connectivity index (χ3v) is 3.28. The molecular formula is C14H19BrFNO3. The van der Waals surface area contributed by atoms with Gasteiger partial charge in [0.15, 0.2) is 0 Å². The molecule has 0 atom stereocenters. The molecule has 0 aliphatic rings. The highest BCUT2D eigenvalue weighted by atomic mass is 79.9. The van der Waals surface area contributed by atoms with Crippen molar-refractivity contribution in [2.75, 3.05) is 40.5 Å². The molecule has 0 radical (unpaired) electrons. The van der Waals surface area contributed by atoms with Gasteiger partial charge in [-0.25, -0.2) is 4.39 Å². The van der Waals surface area contributed by atoms with Gasteiger partial charge in [0.2, 0.25) is 0 Å². The van der Waals surface area contributed by atoms with E-state index in [-0.39, 0.29) is 11.5 Å². The van der Waals surface area contributed by atoms with E-state index in [2.05, 4.69) is 15.9 Å². The lowest BCUT2D eigenvalue weighted by Crippen LogP contribution is -2.35. The molecule has 4 nitrogen and oxygen atoms in total. The van der Waals surface area contributed by atoms with Crippen LogP contribution in [0.3, 0.4) is 0 Å². The van der Waals surface area contributed by atoms with E-state index in [0.717, 1.165) is 0 Å². The van der Waals surface area contributed by atoms with Crippen molar-refractivity contribution in [3.05, 3.63) is 34.1 Å². The fourth-order valence-electron chi connectivity index (χ4n) is 1.75. The Kier molecular flexibility index (Phi) is 7.72. The molecule has 20 heavy (non-hydrogen) atoms. The SMILES string of the molecule is COCCCN(CCOC)C(=O)c1cc(Br)ccc1F. The molecule has 0 aliphatic heterocycles. The zero-order valence-corrected chi connectivity index (χ0v) is 13.3. The minimum Gasteiger partial charge on any atom is -0.385 e. The first-order valence-corrected chi connectivity index (χ1v) is 7.11. The Labute approximate surface area is 127 Å². The summed E-state index contributed by atoms with van der Waals surface area (Å²) < 4.78 is 24.4. The van der Waals surface area contributed by atoms with Crippen molar-refractivity contribution in [3.63, 3.8) is 0 Å². The summed E-state index contributed by atoms with van der Waals surface area (Å²) in [4.78, 5) is 14.0. The van der Waals surface area contributed by atoms with Crippen molar-refractivity contribution in [3.8, 4) is 0 Å². The number of hydrogen-bond donors (Lipinski definition) is 0. The summed E-state index contributed by atoms with van der Waals surface area (Å²) in [6.07, 6.45) is 0.696. The normalized spacial score (nSPS) is 10.6. The van der Waals surface area contributed by atoms with Crippen LogP contribution in [0.25, 0.3) is 0 Å². The number of hydrogen-bond acceptors (Lipinski definition) is 3. The molecular weight excluding hydrogens is 329 g/mol. The fourth-order valence-corrected chi connectivity index (χ4v) is 2.11. The minimum absolute atomic E-state index is 0.0629. The monoisotopic (exact) mass is 347 g/mol. The highest BCUT2D eigenvalue weighted by Crippen LogP contribution is 2.17. The number of benzene rings is 1. The Balaban J connectivity index is 2.82. The predicted molar refractivity (Wildman–Crippen MR) is 78.4 cm³/mol. The minimum atomic E-state index is -0.521. The second-order valence-electron chi connectivity index (χ2n) is 4.26. The van der Waals surface area contributed by atoms with E-state index in [0.29, 0.717) is 37.2 Å². The van der Waals surface area contributed by atoms with Crippen molar-refractivity contribution < 1.29 is 18.7 Å². The summed E-state index contributed by atoms with van der Waals surface area (Å²) in [6, 6.07) is 4.34. The molecule has 0 fully saturated rings. The molecule has 0 aromatic heterocycles. The van der Waals surface area contributed by atoms with Gasteiger partial charge >= 0.3 is 0 Å². The molecule has 1 aromatic carbocycles. The van der Waals surface area contributed by atoms with Crippen LogP contribution in [0, 0.1) is 5.82 Å². The number of amides is 1. The number of halogens is 2. The molecule has 0 saturated heterocycles. The number of methoxy groups -OCH3 is 2. The predicted octanol–water partition coefficient (Wildman–Crippen LogP) is 2.71. The molecule has 112 valence electrons. The van der Waals surface area contributed by atoms with Gasteiger partial charge in [-0.05, 0) is 24.6 Å². The zero-order valence-electron chi connectivity index (χ0n) is 11.7. The molecule has 0 saturated carbocycles. The average molecular weight is 348 g/mol. The number of rotatable bonds is 8. The first-order chi connectivity index (χ1) is 9.60. The Morgan fingerprint density at radius 2 is 1.95 bits per heavy atom. The van der Waals surface area contributed by atoms with Gasteiger partial charge in [-0.15, -0.1) is 0 Å². The van der Waals surface area contributed by atoms with E-state index in [1.54, 1.807) is 25.2 Å². The smallest absolute Gasteiger partial charge is 0.256 e. The first kappa shape index (κ1) is 17.1. The maximum atomic E-state index is 13.8. The van der Waals surface area contributed by atoms with Gasteiger partial charge in [0.25, 0.3) is 5.91 Å². The van der Waals surface area contributed by atoms with Crippen LogP contribution in [-0.2, 0) is 9.47 Å². The van der Waals surface area contributed by atoms with Gasteiger partial charge in [0.1, 0.15) is 5.82 Å². The molecule has 0 N–H and O–H groups in total. The number of carbonyl (C=O) groups excluding carboxylic acids is 1. The number of ether oxygens (including phenoxy) is 2. The summed E-state index contributed by atoms with van der Waals surface area (Å²) in [6.45, 7) is 1.89. The zero-order chi connectivity index (χ0) is 15.0. The number of carbonyl (C=O) groups is 1. The summed E-state index contributed by atoms with van der Waals surface area (Å²) >= 11 is 3.25. The van der Waals surface area contributed by atoms with Crippen molar-refractivity contribution in [1.29, 1.82) is 0 Å². The standard InChI is InChI=1S/C14H19BrFNO3/c1-19-8-3-6-17(7-9-20-2)14(18)12-10-11(15)4-5-13(12)16/h4-5,10H,3,6-9H2,1-2H3. The lowest BCUT2D eigenvalue weighted by molar-refractivity contribution is 0.0669. The Morgan fingerprint density at radius 3 is 2.60 bits per heavy atom. The van der Waals surface area contributed by atoms with Gasteiger partial charge in [-0.3, -0.25) is 4.79 Å². The number of nitrogens with zero attached hydrogens (tertiary/aromatic N) is 1. The largest absolute Gasteiger partial charge is 0.385 e. The summed E-state index contributed by atoms with van der Waals surface area (Å²) in [5, 5.41) is 0. The Morgan fingerprint density at radius 1 is 1.25 bits per heavy atom. The van der Waals surface area contributed by atoms with Crippen LogP contribution in [0.2, 0.25) is 0 Å². The highest BCUT2D eigenvalue weighted by molar-refractivity contribution is 9.10. The summed E-state index contributed by atoms with van der Waals surface area (Å²) in [5.41, 5.74) is 0.0629. The molecule has 0 aliphatic carbocycles. The second kappa shape index (κ2) is 9.05. The summed E-state index contributed by atoms with van der Waals surface area (Å²) in [5.74, 6) is -0.857. The van der Waals surface area contributed by atoms with E-state index in [4.69, 9.17) is 9.47 Å². The third kappa shape index (κ3) is 5.19. The van der Waals surface area contributed by atoms with E-state index >= 15 is 0 Å². The van der Waals surface area contributed by atoms with Gasteiger partial charge in [0, 0.05) is 38.4 Å². The van der Waals surface area contributed by atoms with Crippen LogP contribution < -0.4 is 0 Å². The van der Waals surface area contributed by atoms with E-state index in [1.165, 1.54) is 12.1 Å². The average Bonchev–Trinajstić information content (AvgIpc) is 2.44. The van der Waals surface area contributed by atoms with Gasteiger partial charge in [-0.2, -0.15) is 0 Å². The first-order valence-electron chi connectivity index (χ1n) is 6.32. The topological polar surface area (TPSA) is 38.8 Å². The molecule has 0 heterocycles. The Bertz CT molecular complexity index is 442. The van der Waals surface area contributed by atoms with E-state index in [1.807, 2.05) is 0 Å². The quantitative estimate of drug-likeness (QED) is 0.678. The third-order valence-electron chi connectivity index (χ3n) is 2.79. The highest BCUT2D eigenvalue weighted by Gasteiger charge is 2.19. The van der Waals surface area contributed by atoms with E-state index in [9.17, 15) is 9.18 Å². The van der Waals surface area contributed by atoms with Crippen LogP contribution in [-0.4, -0.2) is 51.3 Å². The maximum Gasteiger partial charge on any atom is 0.256 e. The van der Waals surface area contributed by atoms with Crippen LogP contribution in [0.15, 0.2) is 22.7 Å². The fraction of sp³-hybridized carbons (Fsp3) is 0.500. The molecule has 1 amide bonds. The van der Waals surface area contributed by atoms with Crippen LogP contribution >= 0.6 is 15.9 Å². The van der Waals surface area contributed by atoms with Gasteiger partial charge in [0.05, 0.1) is 12.2 Å². The van der Waals surface area contributed by atoms with Gasteiger partial charge < -0.3 is 14.4 Å². The second-order valence-corrected chi connectivity index (χ2v) is 5.17. The van der Waals surface area contributed by atoms with Crippen molar-refractivity contribution in [1.82, 2.24) is 4.90 Å². The van der Waals surface area contributed by atoms with Crippen molar-refractivity contribution in [2.24, 2.45) is 0 Å². The van der Waals surface area contributed by atoms with Gasteiger partial charge in [-0.1, -0.05) is 15.9 Å². The maximum absolute atomic E-state index is 13.8. The van der Waals surface area contributed by atoms with Crippen LogP contribution in [0.4, 0.5) is 4.39 Å². The van der Waals surface area contributed by atoms with Crippen LogP contribution in [0.5, 0.6) is 0 Å². The molecule has 0 unspecified atom stereocenters.